The fourth-order valence-electron chi connectivity index (χ4n) is 8.73. The van der Waals surface area contributed by atoms with Crippen LogP contribution in [0.1, 0.15) is 31.5 Å². The van der Waals surface area contributed by atoms with Crippen LogP contribution >= 0.6 is 33.6 Å². The third-order valence-electron chi connectivity index (χ3n) is 11.9. The molecule has 4 aliphatic heterocycles. The number of aliphatic hydroxyl groups excluding tert-OH is 3. The summed E-state index contributed by atoms with van der Waals surface area (Å²) in [5, 5.41) is 34.7. The highest BCUT2D eigenvalue weighted by Gasteiger charge is 2.59. The molecule has 0 bridgehead atoms. The van der Waals surface area contributed by atoms with Gasteiger partial charge in [-0.1, -0.05) is 12.2 Å². The standard InChI is InChI=1S/C33H42N15O17P3S2/c34-24-15-27(40-7-37-24)46(10-43-15)30-20(51)23-33(63-30,2-1-3-57-23)6-60-66(52,53)64-21-18(49)14(62-31(21)47-11-44-16-25(35)38-8-41-28(16)47)5-59-68(56,70)65-22-19(50)13(4-58-67(54,55)69)61-32(22)48-12-45-17-26(36)39-9-42-29(17)48/h7-14,18-23,30-32,49-51H,1-6H2,(H,52,53)(H,56,70)(H2,34,37,40)(H2,35,38,41)(H2,36,39,42)(H2,54,55,69)/t13-,14-,18?,19?,20+,21+,22+,23?,30-,31-,32-,33-,68?/m1/s1. The van der Waals surface area contributed by atoms with Crippen LogP contribution in [0, 0.1) is 0 Å². The van der Waals surface area contributed by atoms with Crippen LogP contribution in [-0.4, -0.2) is 169 Å². The van der Waals surface area contributed by atoms with Gasteiger partial charge in [0.15, 0.2) is 53.1 Å². The molecule has 4 saturated heterocycles. The van der Waals surface area contributed by atoms with Crippen molar-refractivity contribution in [1.82, 2.24) is 58.6 Å². The van der Waals surface area contributed by atoms with E-state index in [0.29, 0.717) is 6.42 Å². The van der Waals surface area contributed by atoms with Crippen molar-refractivity contribution in [2.24, 2.45) is 0 Å². The van der Waals surface area contributed by atoms with Crippen molar-refractivity contribution in [3.63, 3.8) is 0 Å². The predicted molar refractivity (Wildman–Crippen MR) is 240 cm³/mol. The Hall–Kier alpha value is -4.09. The Morgan fingerprint density at radius 2 is 1.16 bits per heavy atom. The van der Waals surface area contributed by atoms with Gasteiger partial charge in [0, 0.05) is 6.61 Å². The van der Waals surface area contributed by atoms with E-state index in [-0.39, 0.29) is 64.0 Å². The van der Waals surface area contributed by atoms with Gasteiger partial charge in [-0.3, -0.25) is 31.8 Å². The molecular formula is C33H42N15O17P3S2. The highest BCUT2D eigenvalue weighted by atomic mass is 32.7. The Labute approximate surface area is 401 Å². The van der Waals surface area contributed by atoms with Crippen LogP contribution < -0.4 is 17.2 Å². The number of nitrogens with zero attached hydrogens (tertiary/aromatic N) is 12. The van der Waals surface area contributed by atoms with Crippen LogP contribution in [0.25, 0.3) is 33.5 Å². The number of aliphatic hydroxyl groups is 3. The molecule has 10 heterocycles. The highest BCUT2D eigenvalue weighted by Crippen LogP contribution is 2.55. The Bertz CT molecular complexity index is 3080. The first-order valence-corrected chi connectivity index (χ1v) is 27.5. The number of anilines is 3. The average Bonchev–Trinajstić information content (AvgIpc) is 4.17. The molecule has 4 aliphatic rings. The van der Waals surface area contributed by atoms with Gasteiger partial charge in [0.2, 0.25) is 0 Å². The lowest BCUT2D eigenvalue weighted by Crippen LogP contribution is -2.51. The SMILES string of the molecule is Nc1ncnc2c1ncn2[C@@H]1O[C@@]2(COP(=O)(O)O[C@H]3C(O)[C@@H](COP(O)(=S)O[C@H]4C(O)[C@@H](COP(=O)(O)S)O[C@H]4n4cnc5c(N)ncnc54)O[C@H]3n3cnc4c(N)ncnc43)CCCOC2[C@@H]1O. The van der Waals surface area contributed by atoms with Gasteiger partial charge in [-0.05, 0) is 24.6 Å². The molecule has 15 atom stereocenters. The number of nitrogens with two attached hydrogens (primary N) is 3. The Morgan fingerprint density at radius 1 is 0.686 bits per heavy atom. The van der Waals surface area contributed by atoms with E-state index >= 15 is 0 Å². The zero-order chi connectivity index (χ0) is 49.5. The van der Waals surface area contributed by atoms with Crippen LogP contribution in [0.4, 0.5) is 17.5 Å². The molecular weight excluding hydrogens is 1040 g/mol. The summed E-state index contributed by atoms with van der Waals surface area (Å²) < 4.78 is 82.0. The summed E-state index contributed by atoms with van der Waals surface area (Å²) in [5.41, 5.74) is 17.3. The lowest BCUT2D eigenvalue weighted by molar-refractivity contribution is -0.165. The molecule has 12 N–H and O–H groups in total. The number of ether oxygens (including phenoxy) is 4. The molecule has 0 amide bonds. The molecule has 0 aromatic carbocycles. The minimum atomic E-state index is -5.28. The largest absolute Gasteiger partial charge is 0.472 e. The summed E-state index contributed by atoms with van der Waals surface area (Å²) in [6.07, 6.45) is -8.62. The van der Waals surface area contributed by atoms with E-state index in [2.05, 4.69) is 57.1 Å². The van der Waals surface area contributed by atoms with Gasteiger partial charge in [-0.25, -0.2) is 54.0 Å². The van der Waals surface area contributed by atoms with Gasteiger partial charge in [-0.2, -0.15) is 0 Å². The van der Waals surface area contributed by atoms with Crippen molar-refractivity contribution >= 4 is 96.3 Å². The normalized spacial score (nSPS) is 32.9. The topological polar surface area (TPSA) is 447 Å². The van der Waals surface area contributed by atoms with Gasteiger partial charge in [0.25, 0.3) is 0 Å². The molecule has 0 aliphatic carbocycles. The number of hydrogen-bond acceptors (Lipinski definition) is 27. The minimum Gasteiger partial charge on any atom is -0.387 e. The van der Waals surface area contributed by atoms with Gasteiger partial charge >= 0.3 is 21.3 Å². The number of thiol groups is 1. The predicted octanol–water partition coefficient (Wildman–Crippen LogP) is -1.26. The first-order chi connectivity index (χ1) is 33.2. The van der Waals surface area contributed by atoms with Crippen molar-refractivity contribution < 1.29 is 80.7 Å². The lowest BCUT2D eigenvalue weighted by atomic mass is 9.89. The molecule has 70 heavy (non-hydrogen) atoms. The number of phosphoric acid groups is 1. The van der Waals surface area contributed by atoms with Crippen molar-refractivity contribution in [1.29, 1.82) is 0 Å². The van der Waals surface area contributed by atoms with Crippen LogP contribution in [0.5, 0.6) is 0 Å². The molecule has 37 heteroatoms. The lowest BCUT2D eigenvalue weighted by Gasteiger charge is -2.38. The van der Waals surface area contributed by atoms with Crippen molar-refractivity contribution in [3.05, 3.63) is 38.0 Å². The summed E-state index contributed by atoms with van der Waals surface area (Å²) in [7, 11) is -5.28. The Balaban J connectivity index is 0.878. The fourth-order valence-corrected chi connectivity index (χ4v) is 11.7. The van der Waals surface area contributed by atoms with Gasteiger partial charge < -0.3 is 70.7 Å². The quantitative estimate of drug-likeness (QED) is 0.0400. The van der Waals surface area contributed by atoms with Gasteiger partial charge in [0.05, 0.1) is 38.8 Å². The zero-order valence-electron chi connectivity index (χ0n) is 35.5. The number of hydrogen-bond donors (Lipinski definition) is 10. The van der Waals surface area contributed by atoms with Gasteiger partial charge in [0.1, 0.15) is 90.0 Å². The smallest absolute Gasteiger partial charge is 0.387 e. The van der Waals surface area contributed by atoms with Crippen LogP contribution in [0.15, 0.2) is 38.0 Å². The molecule has 32 nitrogen and oxygen atoms in total. The Kier molecular flexibility index (Phi) is 13.3. The van der Waals surface area contributed by atoms with Crippen LogP contribution in [0.2, 0.25) is 0 Å². The van der Waals surface area contributed by atoms with E-state index in [4.69, 9.17) is 70.6 Å². The molecule has 4 fully saturated rings. The second kappa shape index (κ2) is 18.8. The van der Waals surface area contributed by atoms with E-state index < -0.39 is 114 Å². The molecule has 6 aromatic rings. The third-order valence-corrected chi connectivity index (χ3v) is 15.3. The summed E-state index contributed by atoms with van der Waals surface area (Å²) in [6, 6.07) is 0. The average molecular weight is 1080 g/mol. The maximum absolute atomic E-state index is 14.1. The number of phosphoric ester groups is 1. The molecule has 6 unspecified atom stereocenters. The van der Waals surface area contributed by atoms with E-state index in [1.165, 1.54) is 39.0 Å². The van der Waals surface area contributed by atoms with Crippen LogP contribution in [0.3, 0.4) is 0 Å². The molecule has 0 radical (unpaired) electrons. The number of rotatable bonds is 16. The molecule has 378 valence electrons. The molecule has 10 rings (SSSR count). The Morgan fingerprint density at radius 3 is 1.66 bits per heavy atom. The fraction of sp³-hybridized carbons (Fsp3) is 0.545. The number of nitrogen functional groups attached to an aromatic ring is 3. The maximum Gasteiger partial charge on any atom is 0.472 e. The highest BCUT2D eigenvalue weighted by molar-refractivity contribution is 8.44. The monoisotopic (exact) mass is 1080 g/mol. The summed E-state index contributed by atoms with van der Waals surface area (Å²) in [4.78, 5) is 69.5. The van der Waals surface area contributed by atoms with Crippen LogP contribution in [-0.2, 0) is 62.5 Å². The van der Waals surface area contributed by atoms with E-state index in [1.54, 1.807) is 0 Å². The van der Waals surface area contributed by atoms with E-state index in [9.17, 15) is 39.1 Å². The molecule has 0 saturated carbocycles. The van der Waals surface area contributed by atoms with E-state index in [1.807, 2.05) is 0 Å². The molecule has 6 aromatic heterocycles. The minimum absolute atomic E-state index is 0.00249. The third kappa shape index (κ3) is 9.30. The summed E-state index contributed by atoms with van der Waals surface area (Å²) >= 11 is 8.86. The maximum atomic E-state index is 14.1. The first kappa shape index (κ1) is 49.5. The number of aromatic nitrogens is 12. The second-order valence-electron chi connectivity index (χ2n) is 16.3. The summed E-state index contributed by atoms with van der Waals surface area (Å²) in [6.45, 7) is -10.8. The van der Waals surface area contributed by atoms with Gasteiger partial charge in [-0.15, -0.1) is 0 Å². The van der Waals surface area contributed by atoms with Crippen molar-refractivity contribution in [2.45, 2.75) is 86.0 Å². The van der Waals surface area contributed by atoms with E-state index in [0.717, 1.165) is 12.7 Å². The first-order valence-electron chi connectivity index (χ1n) is 20.7. The number of imidazole rings is 3. The second-order valence-corrected chi connectivity index (χ2v) is 23.2. The van der Waals surface area contributed by atoms with Crippen molar-refractivity contribution in [2.75, 3.05) is 43.6 Å². The van der Waals surface area contributed by atoms with Crippen molar-refractivity contribution in [3.8, 4) is 0 Å². The molecule has 0 spiro atoms. The number of fused-ring (bicyclic) bond motifs is 4. The summed E-state index contributed by atoms with van der Waals surface area (Å²) in [5.74, 6) is 0.0536. The zero-order valence-corrected chi connectivity index (χ0v) is 39.9.